The number of benzene rings is 2. The van der Waals surface area contributed by atoms with Crippen LogP contribution in [0.4, 0.5) is 0 Å². The summed E-state index contributed by atoms with van der Waals surface area (Å²) in [7, 11) is -3.80. The second-order valence-electron chi connectivity index (χ2n) is 4.08. The van der Waals surface area contributed by atoms with Crippen molar-refractivity contribution >= 4 is 137 Å². The molecule has 0 fully saturated rings. The van der Waals surface area contributed by atoms with Crippen molar-refractivity contribution in [3.8, 4) is 0 Å². The molecule has 124 valence electrons. The Morgan fingerprint density at radius 1 is 0.565 bits per heavy atom. The Morgan fingerprint density at radius 3 is 1.48 bits per heavy atom. The second kappa shape index (κ2) is 8.08. The van der Waals surface area contributed by atoms with Crippen LogP contribution < -0.4 is 0 Å². The van der Waals surface area contributed by atoms with Gasteiger partial charge < -0.3 is 0 Å². The van der Waals surface area contributed by atoms with Crippen LogP contribution in [0.5, 0.6) is 0 Å². The summed E-state index contributed by atoms with van der Waals surface area (Å²) in [5.41, 5.74) is 0. The molecule has 2 aromatic rings. The third kappa shape index (κ3) is 3.93. The zero-order chi connectivity index (χ0) is 17.7. The van der Waals surface area contributed by atoms with E-state index in [1.165, 1.54) is 6.07 Å². The first kappa shape index (κ1) is 21.5. The Balaban J connectivity index is 2.90. The van der Waals surface area contributed by atoms with E-state index < -0.39 is 9.84 Å². The topological polar surface area (TPSA) is 34.1 Å². The van der Waals surface area contributed by atoms with Gasteiger partial charge in [0, 0.05) is 22.4 Å². The molecule has 11 heteroatoms. The first-order chi connectivity index (χ1) is 10.5. The van der Waals surface area contributed by atoms with E-state index in [0.717, 1.165) is 4.47 Å². The summed E-state index contributed by atoms with van der Waals surface area (Å²) in [6, 6.07) is 3.21. The fourth-order valence-electron chi connectivity index (χ4n) is 1.65. The van der Waals surface area contributed by atoms with Crippen LogP contribution in [0, 0.1) is 0 Å². The van der Waals surface area contributed by atoms with Gasteiger partial charge in [-0.25, -0.2) is 8.42 Å². The Labute approximate surface area is 200 Å². The molecule has 2 nitrogen and oxygen atoms in total. The lowest BCUT2D eigenvalue weighted by Crippen LogP contribution is -2.07. The summed E-state index contributed by atoms with van der Waals surface area (Å²) >= 11 is 27.0. The second-order valence-corrected chi connectivity index (χ2v) is 12.3. The molecule has 0 saturated carbocycles. The molecule has 0 aliphatic carbocycles. The van der Waals surface area contributed by atoms with Crippen LogP contribution in [-0.2, 0) is 9.84 Å². The zero-order valence-electron chi connectivity index (χ0n) is 10.4. The lowest BCUT2D eigenvalue weighted by atomic mass is 10.4. The van der Waals surface area contributed by atoms with E-state index in [9.17, 15) is 8.42 Å². The van der Waals surface area contributed by atoms with Crippen molar-refractivity contribution < 1.29 is 8.42 Å². The van der Waals surface area contributed by atoms with Crippen LogP contribution in [-0.4, -0.2) is 8.42 Å². The molecule has 23 heavy (non-hydrogen) atoms. The predicted octanol–water partition coefficient (Wildman–Crippen LogP) is 8.62. The van der Waals surface area contributed by atoms with Crippen molar-refractivity contribution in [1.82, 2.24) is 0 Å². The average molecular weight is 849 g/mol. The zero-order valence-corrected chi connectivity index (χ0v) is 23.9. The molecule has 0 unspecified atom stereocenters. The van der Waals surface area contributed by atoms with E-state index in [-0.39, 0.29) is 9.79 Å². The van der Waals surface area contributed by atoms with Crippen molar-refractivity contribution in [2.45, 2.75) is 9.79 Å². The van der Waals surface area contributed by atoms with Gasteiger partial charge in [0.25, 0.3) is 0 Å². The van der Waals surface area contributed by atoms with Crippen molar-refractivity contribution in [3.63, 3.8) is 0 Å². The lowest BCUT2D eigenvalue weighted by Gasteiger charge is -2.15. The molecule has 0 aromatic heterocycles. The van der Waals surface area contributed by atoms with Gasteiger partial charge in [-0.3, -0.25) is 0 Å². The standard InChI is InChI=1S/C12H2Br8O2S/c13-3-1-2-4(6(15)5(3)14)23(21,22)12-10(19)8(17)7(16)9(18)11(12)20/h1-2H. The van der Waals surface area contributed by atoms with Crippen LogP contribution in [0.15, 0.2) is 57.7 Å². The summed E-state index contributed by atoms with van der Waals surface area (Å²) in [6.07, 6.45) is 0. The average Bonchev–Trinajstić information content (AvgIpc) is 2.48. The van der Waals surface area contributed by atoms with Crippen LogP contribution >= 0.6 is 127 Å². The fourth-order valence-corrected chi connectivity index (χ4v) is 9.77. The molecule has 0 N–H and O–H groups in total. The summed E-state index contributed by atoms with van der Waals surface area (Å²) in [5.74, 6) is 0. The molecular weight excluding hydrogens is 847 g/mol. The highest BCUT2D eigenvalue weighted by Gasteiger charge is 2.31. The molecule has 0 saturated heterocycles. The quantitative estimate of drug-likeness (QED) is 0.224. The Kier molecular flexibility index (Phi) is 7.56. The van der Waals surface area contributed by atoms with Crippen LogP contribution in [0.3, 0.4) is 0 Å². The first-order valence-corrected chi connectivity index (χ1v) is 13.2. The minimum absolute atomic E-state index is 0.120. The van der Waals surface area contributed by atoms with E-state index >= 15 is 0 Å². The smallest absolute Gasteiger partial charge is 0.210 e. The summed E-state index contributed by atoms with van der Waals surface area (Å²) < 4.78 is 30.9. The van der Waals surface area contributed by atoms with Crippen molar-refractivity contribution in [3.05, 3.63) is 47.9 Å². The fraction of sp³-hybridized carbons (Fsp3) is 0. The predicted molar refractivity (Wildman–Crippen MR) is 120 cm³/mol. The van der Waals surface area contributed by atoms with Crippen molar-refractivity contribution in [2.24, 2.45) is 0 Å². The first-order valence-electron chi connectivity index (χ1n) is 5.41. The molecule has 0 bridgehead atoms. The molecule has 0 radical (unpaired) electrons. The van der Waals surface area contributed by atoms with Gasteiger partial charge in [0.05, 0.1) is 18.3 Å². The van der Waals surface area contributed by atoms with E-state index in [2.05, 4.69) is 127 Å². The Bertz CT molecular complexity index is 894. The van der Waals surface area contributed by atoms with Gasteiger partial charge >= 0.3 is 0 Å². The van der Waals surface area contributed by atoms with E-state index in [0.29, 0.717) is 31.3 Å². The van der Waals surface area contributed by atoms with Crippen LogP contribution in [0.25, 0.3) is 0 Å². The summed E-state index contributed by atoms with van der Waals surface area (Å²) in [5, 5.41) is 0. The Morgan fingerprint density at radius 2 is 1.00 bits per heavy atom. The normalized spacial score (nSPS) is 11.8. The highest BCUT2D eigenvalue weighted by Crippen LogP contribution is 2.49. The Hall–Kier alpha value is 2.23. The molecule has 0 amide bonds. The molecule has 0 aliphatic rings. The molecule has 2 aromatic carbocycles. The molecule has 0 atom stereocenters. The maximum Gasteiger partial charge on any atom is 0.210 e. The third-order valence-electron chi connectivity index (χ3n) is 2.73. The monoisotopic (exact) mass is 841 g/mol. The highest BCUT2D eigenvalue weighted by atomic mass is 79.9. The van der Waals surface area contributed by atoms with E-state index in [1.54, 1.807) is 6.07 Å². The number of sulfone groups is 1. The van der Waals surface area contributed by atoms with Gasteiger partial charge in [-0.1, -0.05) is 0 Å². The molecule has 0 heterocycles. The number of hydrogen-bond acceptors (Lipinski definition) is 2. The third-order valence-corrected chi connectivity index (χ3v) is 14.8. The number of rotatable bonds is 2. The summed E-state index contributed by atoms with van der Waals surface area (Å²) in [6.45, 7) is 0. The van der Waals surface area contributed by atoms with E-state index in [4.69, 9.17) is 0 Å². The van der Waals surface area contributed by atoms with Gasteiger partial charge in [0.1, 0.15) is 4.90 Å². The van der Waals surface area contributed by atoms with Crippen LogP contribution in [0.1, 0.15) is 0 Å². The maximum atomic E-state index is 13.2. The molecule has 0 aliphatic heterocycles. The van der Waals surface area contributed by atoms with Gasteiger partial charge in [0.2, 0.25) is 9.84 Å². The lowest BCUT2D eigenvalue weighted by molar-refractivity contribution is 0.594. The molecule has 0 spiro atoms. The largest absolute Gasteiger partial charge is 0.218 e. The van der Waals surface area contributed by atoms with Crippen LogP contribution in [0.2, 0.25) is 0 Å². The molecule has 2 rings (SSSR count). The molecular formula is C12H2Br8O2S. The van der Waals surface area contributed by atoms with Crippen molar-refractivity contribution in [2.75, 3.05) is 0 Å². The van der Waals surface area contributed by atoms with Gasteiger partial charge in [-0.15, -0.1) is 0 Å². The van der Waals surface area contributed by atoms with Gasteiger partial charge in [-0.2, -0.15) is 0 Å². The van der Waals surface area contributed by atoms with E-state index in [1.807, 2.05) is 0 Å². The maximum absolute atomic E-state index is 13.2. The summed E-state index contributed by atoms with van der Waals surface area (Å²) in [4.78, 5) is 0.268. The minimum Gasteiger partial charge on any atom is -0.218 e. The van der Waals surface area contributed by atoms with Crippen molar-refractivity contribution in [1.29, 1.82) is 0 Å². The number of halogens is 8. The minimum atomic E-state index is -3.80. The SMILES string of the molecule is O=S(=O)(c1ccc(Br)c(Br)c1Br)c1c(Br)c(Br)c(Br)c(Br)c1Br. The van der Waals surface area contributed by atoms with Gasteiger partial charge in [0.15, 0.2) is 0 Å². The van der Waals surface area contributed by atoms with Gasteiger partial charge in [-0.05, 0) is 140 Å². The number of hydrogen-bond donors (Lipinski definition) is 0. The highest BCUT2D eigenvalue weighted by molar-refractivity contribution is 9.16.